The molecule has 1 aromatic rings. The van der Waals surface area contributed by atoms with Crippen LogP contribution < -0.4 is 4.90 Å². The molecule has 4 heteroatoms. The molecule has 1 amide bonds. The zero-order chi connectivity index (χ0) is 15.6. The summed E-state index contributed by atoms with van der Waals surface area (Å²) < 4.78 is 0. The van der Waals surface area contributed by atoms with E-state index in [9.17, 15) is 4.79 Å². The molecule has 1 aliphatic heterocycles. The minimum atomic E-state index is -0.0271. The number of nitrogens with zero attached hydrogens (tertiary/aromatic N) is 3. The summed E-state index contributed by atoms with van der Waals surface area (Å²) in [6, 6.07) is 6.46. The minimum absolute atomic E-state index is 0.0271. The van der Waals surface area contributed by atoms with Crippen LogP contribution in [-0.2, 0) is 4.79 Å². The number of hydrogen-bond donors (Lipinski definition) is 0. The van der Waals surface area contributed by atoms with Crippen LogP contribution in [0, 0.1) is 13.8 Å². The number of benzene rings is 1. The van der Waals surface area contributed by atoms with Crippen molar-refractivity contribution in [2.45, 2.75) is 26.8 Å². The molecule has 0 radical (unpaired) electrons. The van der Waals surface area contributed by atoms with Gasteiger partial charge in [-0.05, 0) is 38.0 Å². The van der Waals surface area contributed by atoms with E-state index in [1.165, 1.54) is 16.8 Å². The fraction of sp³-hybridized carbons (Fsp3) is 0.588. The molecule has 116 valence electrons. The normalized spacial score (nSPS) is 17.7. The summed E-state index contributed by atoms with van der Waals surface area (Å²) in [6.45, 7) is 10.2. The summed E-state index contributed by atoms with van der Waals surface area (Å²) in [4.78, 5) is 18.5. The van der Waals surface area contributed by atoms with E-state index >= 15 is 0 Å². The molecule has 1 atom stereocenters. The summed E-state index contributed by atoms with van der Waals surface area (Å²) in [5.41, 5.74) is 4.04. The lowest BCUT2D eigenvalue weighted by Crippen LogP contribution is -2.53. The van der Waals surface area contributed by atoms with Gasteiger partial charge in [-0.3, -0.25) is 9.69 Å². The first-order valence-corrected chi connectivity index (χ1v) is 7.68. The molecule has 0 saturated carbocycles. The Bertz CT molecular complexity index is 505. The second-order valence-corrected chi connectivity index (χ2v) is 6.15. The number of anilines is 1. The van der Waals surface area contributed by atoms with Gasteiger partial charge >= 0.3 is 0 Å². The third kappa shape index (κ3) is 3.38. The van der Waals surface area contributed by atoms with E-state index in [2.05, 4.69) is 41.8 Å². The second-order valence-electron chi connectivity index (χ2n) is 6.15. The number of piperazine rings is 1. The first-order valence-electron chi connectivity index (χ1n) is 7.68. The lowest BCUT2D eigenvalue weighted by atomic mass is 10.1. The van der Waals surface area contributed by atoms with E-state index in [4.69, 9.17) is 0 Å². The van der Waals surface area contributed by atoms with Crippen LogP contribution in [0.3, 0.4) is 0 Å². The predicted molar refractivity (Wildman–Crippen MR) is 87.9 cm³/mol. The molecule has 1 fully saturated rings. The Morgan fingerprint density at radius 1 is 1.14 bits per heavy atom. The van der Waals surface area contributed by atoms with E-state index < -0.39 is 0 Å². The Labute approximate surface area is 128 Å². The van der Waals surface area contributed by atoms with Crippen molar-refractivity contribution < 1.29 is 4.79 Å². The molecule has 1 heterocycles. The van der Waals surface area contributed by atoms with Crippen molar-refractivity contribution in [3.05, 3.63) is 29.3 Å². The SMILES string of the molecule is Cc1cccc(N2CCN([C@H](C)C(=O)N(C)C)CC2)c1C. The van der Waals surface area contributed by atoms with Gasteiger partial charge in [-0.1, -0.05) is 12.1 Å². The molecule has 1 aliphatic rings. The Morgan fingerprint density at radius 2 is 1.76 bits per heavy atom. The highest BCUT2D eigenvalue weighted by molar-refractivity contribution is 5.81. The summed E-state index contributed by atoms with van der Waals surface area (Å²) in [5, 5.41) is 0. The van der Waals surface area contributed by atoms with Crippen molar-refractivity contribution in [1.29, 1.82) is 0 Å². The summed E-state index contributed by atoms with van der Waals surface area (Å²) in [6.07, 6.45) is 0. The highest BCUT2D eigenvalue weighted by Gasteiger charge is 2.26. The fourth-order valence-electron chi connectivity index (χ4n) is 2.96. The molecule has 21 heavy (non-hydrogen) atoms. The van der Waals surface area contributed by atoms with E-state index in [0.29, 0.717) is 0 Å². The minimum Gasteiger partial charge on any atom is -0.369 e. The van der Waals surface area contributed by atoms with Crippen molar-refractivity contribution in [3.63, 3.8) is 0 Å². The topological polar surface area (TPSA) is 26.8 Å². The van der Waals surface area contributed by atoms with Gasteiger partial charge in [-0.15, -0.1) is 0 Å². The van der Waals surface area contributed by atoms with Crippen LogP contribution in [0.1, 0.15) is 18.1 Å². The lowest BCUT2D eigenvalue weighted by molar-refractivity contribution is -0.133. The first-order chi connectivity index (χ1) is 9.91. The molecular weight excluding hydrogens is 262 g/mol. The summed E-state index contributed by atoms with van der Waals surface area (Å²) in [7, 11) is 3.65. The average Bonchev–Trinajstić information content (AvgIpc) is 2.48. The van der Waals surface area contributed by atoms with Gasteiger partial charge < -0.3 is 9.80 Å². The van der Waals surface area contributed by atoms with Crippen LogP contribution in [-0.4, -0.2) is 62.0 Å². The van der Waals surface area contributed by atoms with Gasteiger partial charge in [-0.25, -0.2) is 0 Å². The molecule has 0 N–H and O–H groups in total. The molecule has 1 saturated heterocycles. The molecule has 0 spiro atoms. The zero-order valence-corrected chi connectivity index (χ0v) is 13.9. The highest BCUT2D eigenvalue weighted by Crippen LogP contribution is 2.24. The fourth-order valence-corrected chi connectivity index (χ4v) is 2.96. The van der Waals surface area contributed by atoms with Gasteiger partial charge in [-0.2, -0.15) is 0 Å². The Kier molecular flexibility index (Phi) is 4.88. The van der Waals surface area contributed by atoms with Crippen LogP contribution in [0.5, 0.6) is 0 Å². The number of carbonyl (C=O) groups excluding carboxylic acids is 1. The molecule has 0 aromatic heterocycles. The summed E-state index contributed by atoms with van der Waals surface area (Å²) in [5.74, 6) is 0.190. The van der Waals surface area contributed by atoms with Crippen molar-refractivity contribution in [2.24, 2.45) is 0 Å². The highest BCUT2D eigenvalue weighted by atomic mass is 16.2. The van der Waals surface area contributed by atoms with E-state index in [1.54, 1.807) is 4.90 Å². The van der Waals surface area contributed by atoms with Gasteiger partial charge in [0, 0.05) is 46.0 Å². The van der Waals surface area contributed by atoms with Gasteiger partial charge in [0.05, 0.1) is 6.04 Å². The Morgan fingerprint density at radius 3 is 2.33 bits per heavy atom. The Hall–Kier alpha value is -1.55. The molecule has 4 nitrogen and oxygen atoms in total. The van der Waals surface area contributed by atoms with Gasteiger partial charge in [0.15, 0.2) is 0 Å². The van der Waals surface area contributed by atoms with Gasteiger partial charge in [0.1, 0.15) is 0 Å². The summed E-state index contributed by atoms with van der Waals surface area (Å²) >= 11 is 0. The number of carbonyl (C=O) groups is 1. The van der Waals surface area contributed by atoms with Crippen molar-refractivity contribution in [1.82, 2.24) is 9.80 Å². The Balaban J connectivity index is 2.00. The predicted octanol–water partition coefficient (Wildman–Crippen LogP) is 1.90. The van der Waals surface area contributed by atoms with Crippen LogP contribution in [0.4, 0.5) is 5.69 Å². The maximum atomic E-state index is 12.1. The van der Waals surface area contributed by atoms with Crippen molar-refractivity contribution in [2.75, 3.05) is 45.2 Å². The largest absolute Gasteiger partial charge is 0.369 e. The maximum Gasteiger partial charge on any atom is 0.239 e. The third-order valence-electron chi connectivity index (χ3n) is 4.58. The number of aryl methyl sites for hydroxylation is 1. The zero-order valence-electron chi connectivity index (χ0n) is 13.9. The smallest absolute Gasteiger partial charge is 0.239 e. The number of rotatable bonds is 3. The van der Waals surface area contributed by atoms with Crippen LogP contribution >= 0.6 is 0 Å². The molecular formula is C17H27N3O. The average molecular weight is 289 g/mol. The van der Waals surface area contributed by atoms with Crippen LogP contribution in [0.15, 0.2) is 18.2 Å². The lowest BCUT2D eigenvalue weighted by Gasteiger charge is -2.39. The van der Waals surface area contributed by atoms with Gasteiger partial charge in [0.25, 0.3) is 0 Å². The monoisotopic (exact) mass is 289 g/mol. The number of likely N-dealkylation sites (N-methyl/N-ethyl adjacent to an activating group) is 1. The van der Waals surface area contributed by atoms with E-state index in [1.807, 2.05) is 21.0 Å². The third-order valence-corrected chi connectivity index (χ3v) is 4.58. The second kappa shape index (κ2) is 6.48. The maximum absolute atomic E-state index is 12.1. The molecule has 0 unspecified atom stereocenters. The van der Waals surface area contributed by atoms with E-state index in [0.717, 1.165) is 26.2 Å². The molecule has 2 rings (SSSR count). The quantitative estimate of drug-likeness (QED) is 0.850. The van der Waals surface area contributed by atoms with Gasteiger partial charge in [0.2, 0.25) is 5.91 Å². The van der Waals surface area contributed by atoms with E-state index in [-0.39, 0.29) is 11.9 Å². The first kappa shape index (κ1) is 15.8. The van der Waals surface area contributed by atoms with Crippen molar-refractivity contribution >= 4 is 11.6 Å². The molecule has 0 bridgehead atoms. The number of amides is 1. The van der Waals surface area contributed by atoms with Crippen LogP contribution in [0.25, 0.3) is 0 Å². The molecule has 0 aliphatic carbocycles. The number of hydrogen-bond acceptors (Lipinski definition) is 3. The van der Waals surface area contributed by atoms with Crippen molar-refractivity contribution in [3.8, 4) is 0 Å². The van der Waals surface area contributed by atoms with Crippen LogP contribution in [0.2, 0.25) is 0 Å². The standard InChI is InChI=1S/C17H27N3O/c1-13-7-6-8-16(14(13)2)20-11-9-19(10-12-20)15(3)17(21)18(4)5/h6-8,15H,9-12H2,1-5H3/t15-/m1/s1. The molecule has 1 aromatic carbocycles.